The van der Waals surface area contributed by atoms with E-state index in [4.69, 9.17) is 27.9 Å². The zero-order valence-electron chi connectivity index (χ0n) is 11.0. The van der Waals surface area contributed by atoms with Gasteiger partial charge >= 0.3 is 0 Å². The fraction of sp³-hybridized carbons (Fsp3) is 0.167. The second-order valence-electron chi connectivity index (χ2n) is 3.94. The Labute approximate surface area is 130 Å². The average molecular weight is 328 g/mol. The number of hydrogen-bond acceptors (Lipinski definition) is 5. The molecule has 7 nitrogen and oxygen atoms in total. The molecule has 1 aromatic heterocycles. The van der Waals surface area contributed by atoms with E-state index in [0.29, 0.717) is 15.8 Å². The van der Waals surface area contributed by atoms with E-state index in [9.17, 15) is 4.79 Å². The lowest BCUT2D eigenvalue weighted by atomic mass is 10.3. The number of hydrogen-bond donors (Lipinski definition) is 1. The summed E-state index contributed by atoms with van der Waals surface area (Å²) >= 11 is 11.8. The van der Waals surface area contributed by atoms with Crippen LogP contribution in [0, 0.1) is 0 Å². The molecule has 0 saturated heterocycles. The van der Waals surface area contributed by atoms with Crippen molar-refractivity contribution in [2.75, 3.05) is 5.32 Å². The van der Waals surface area contributed by atoms with Gasteiger partial charge in [0.2, 0.25) is 0 Å². The molecule has 2 aromatic rings. The molecular weight excluding hydrogens is 317 g/mol. The molecule has 0 radical (unpaired) electrons. The molecule has 0 unspecified atom stereocenters. The number of anilines is 1. The standard InChI is InChI=1S/C12H11Cl2N5O2/c1-3-19-17-12(16-18-19)15-11(20)7(2)21-10-5-4-8(13)6-9(10)14/h3-7H,1H2,2H3,(H,15,17,20)/t7-/m1/s1. The first kappa shape index (κ1) is 15.3. The highest BCUT2D eigenvalue weighted by atomic mass is 35.5. The van der Waals surface area contributed by atoms with E-state index in [1.165, 1.54) is 12.3 Å². The summed E-state index contributed by atoms with van der Waals surface area (Å²) in [6, 6.07) is 4.73. The van der Waals surface area contributed by atoms with E-state index in [0.717, 1.165) is 4.80 Å². The Hall–Kier alpha value is -2.12. The second kappa shape index (κ2) is 6.55. The number of carbonyl (C=O) groups excluding carboxylic acids is 1. The molecule has 9 heteroatoms. The number of ether oxygens (including phenoxy) is 1. The van der Waals surface area contributed by atoms with E-state index < -0.39 is 12.0 Å². The highest BCUT2D eigenvalue weighted by Crippen LogP contribution is 2.28. The number of halogens is 2. The SMILES string of the molecule is C=Cn1nnc(NC(=O)[C@@H](C)Oc2ccc(Cl)cc2Cl)n1. The summed E-state index contributed by atoms with van der Waals surface area (Å²) in [5.74, 6) is -0.0337. The largest absolute Gasteiger partial charge is 0.479 e. The molecule has 0 bridgehead atoms. The molecule has 1 heterocycles. The lowest BCUT2D eigenvalue weighted by molar-refractivity contribution is -0.122. The van der Waals surface area contributed by atoms with Crippen molar-refractivity contribution < 1.29 is 9.53 Å². The first-order valence-corrected chi connectivity index (χ1v) is 6.60. The molecule has 1 amide bonds. The van der Waals surface area contributed by atoms with Crippen LogP contribution in [0.1, 0.15) is 6.92 Å². The van der Waals surface area contributed by atoms with Crippen molar-refractivity contribution >= 4 is 41.3 Å². The zero-order valence-corrected chi connectivity index (χ0v) is 12.5. The summed E-state index contributed by atoms with van der Waals surface area (Å²) in [5, 5.41) is 14.3. The lowest BCUT2D eigenvalue weighted by Crippen LogP contribution is -2.30. The van der Waals surface area contributed by atoms with Crippen LogP contribution >= 0.6 is 23.2 Å². The van der Waals surface area contributed by atoms with Crippen molar-refractivity contribution in [3.8, 4) is 5.75 Å². The van der Waals surface area contributed by atoms with Gasteiger partial charge in [0.25, 0.3) is 11.9 Å². The van der Waals surface area contributed by atoms with E-state index in [-0.39, 0.29) is 5.95 Å². The van der Waals surface area contributed by atoms with E-state index in [1.54, 1.807) is 19.1 Å². The minimum atomic E-state index is -0.806. The molecule has 1 aromatic carbocycles. The minimum absolute atomic E-state index is 0.0533. The average Bonchev–Trinajstić information content (AvgIpc) is 2.89. The Balaban J connectivity index is 2.00. The predicted molar refractivity (Wildman–Crippen MR) is 79.4 cm³/mol. The molecule has 0 spiro atoms. The Morgan fingerprint density at radius 1 is 1.52 bits per heavy atom. The first-order chi connectivity index (χ1) is 9.99. The van der Waals surface area contributed by atoms with E-state index >= 15 is 0 Å². The van der Waals surface area contributed by atoms with Crippen molar-refractivity contribution in [1.29, 1.82) is 0 Å². The summed E-state index contributed by atoms with van der Waals surface area (Å²) in [7, 11) is 0. The van der Waals surface area contributed by atoms with Crippen molar-refractivity contribution in [3.05, 3.63) is 34.8 Å². The molecular formula is C12H11Cl2N5O2. The molecule has 0 fully saturated rings. The third-order valence-corrected chi connectivity index (χ3v) is 2.92. The number of carbonyl (C=O) groups is 1. The maximum Gasteiger partial charge on any atom is 0.270 e. The van der Waals surface area contributed by atoms with Crippen LogP contribution in [0.4, 0.5) is 5.95 Å². The summed E-state index contributed by atoms with van der Waals surface area (Å²) in [5.41, 5.74) is 0. The molecule has 2 rings (SSSR count). The van der Waals surface area contributed by atoms with Gasteiger partial charge < -0.3 is 4.74 Å². The summed E-state index contributed by atoms with van der Waals surface area (Å²) in [6.07, 6.45) is 0.537. The van der Waals surface area contributed by atoms with Gasteiger partial charge in [-0.05, 0) is 30.3 Å². The van der Waals surface area contributed by atoms with Crippen LogP contribution in [-0.4, -0.2) is 32.2 Å². The van der Waals surface area contributed by atoms with Crippen molar-refractivity contribution in [2.24, 2.45) is 0 Å². The molecule has 1 atom stereocenters. The fourth-order valence-electron chi connectivity index (χ4n) is 1.38. The smallest absolute Gasteiger partial charge is 0.270 e. The Morgan fingerprint density at radius 2 is 2.29 bits per heavy atom. The molecule has 0 saturated carbocycles. The Kier molecular flexibility index (Phi) is 4.77. The van der Waals surface area contributed by atoms with Crippen LogP contribution in [0.15, 0.2) is 24.8 Å². The third kappa shape index (κ3) is 3.93. The van der Waals surface area contributed by atoms with Crippen LogP contribution in [0.25, 0.3) is 6.20 Å². The van der Waals surface area contributed by atoms with Gasteiger partial charge in [-0.3, -0.25) is 10.1 Å². The van der Waals surface area contributed by atoms with Gasteiger partial charge in [0.1, 0.15) is 5.75 Å². The predicted octanol–water partition coefficient (Wildman–Crippen LogP) is 2.49. The summed E-state index contributed by atoms with van der Waals surface area (Å²) < 4.78 is 5.46. The normalized spacial score (nSPS) is 11.8. The van der Waals surface area contributed by atoms with Gasteiger partial charge in [-0.15, -0.1) is 9.90 Å². The van der Waals surface area contributed by atoms with E-state index in [1.807, 2.05) is 0 Å². The van der Waals surface area contributed by atoms with Crippen LogP contribution < -0.4 is 10.1 Å². The van der Waals surface area contributed by atoms with Gasteiger partial charge in [0, 0.05) is 11.2 Å². The fourth-order valence-corrected chi connectivity index (χ4v) is 1.83. The molecule has 0 aliphatic carbocycles. The minimum Gasteiger partial charge on any atom is -0.479 e. The maximum absolute atomic E-state index is 11.9. The Morgan fingerprint density at radius 3 is 2.90 bits per heavy atom. The Bertz CT molecular complexity index is 673. The molecule has 0 aliphatic heterocycles. The zero-order chi connectivity index (χ0) is 15.4. The van der Waals surface area contributed by atoms with Crippen LogP contribution in [-0.2, 0) is 4.79 Å². The molecule has 0 aliphatic rings. The summed E-state index contributed by atoms with van der Waals surface area (Å²) in [4.78, 5) is 13.1. The third-order valence-electron chi connectivity index (χ3n) is 2.39. The number of nitrogens with zero attached hydrogens (tertiary/aromatic N) is 4. The van der Waals surface area contributed by atoms with Gasteiger partial charge in [0.05, 0.1) is 5.02 Å². The van der Waals surface area contributed by atoms with Gasteiger partial charge in [-0.25, -0.2) is 0 Å². The lowest BCUT2D eigenvalue weighted by Gasteiger charge is -2.14. The number of nitrogens with one attached hydrogen (secondary N) is 1. The topological polar surface area (TPSA) is 81.9 Å². The van der Waals surface area contributed by atoms with Gasteiger partial charge in [0.15, 0.2) is 6.10 Å². The quantitative estimate of drug-likeness (QED) is 0.912. The summed E-state index contributed by atoms with van der Waals surface area (Å²) in [6.45, 7) is 5.03. The van der Waals surface area contributed by atoms with Crippen molar-refractivity contribution in [3.63, 3.8) is 0 Å². The van der Waals surface area contributed by atoms with E-state index in [2.05, 4.69) is 27.3 Å². The first-order valence-electron chi connectivity index (χ1n) is 5.84. The van der Waals surface area contributed by atoms with Crippen LogP contribution in [0.2, 0.25) is 10.0 Å². The molecule has 110 valence electrons. The number of aromatic nitrogens is 4. The maximum atomic E-state index is 11.9. The van der Waals surface area contributed by atoms with Crippen LogP contribution in [0.3, 0.4) is 0 Å². The van der Waals surface area contributed by atoms with Gasteiger partial charge in [-0.2, -0.15) is 0 Å². The highest BCUT2D eigenvalue weighted by molar-refractivity contribution is 6.35. The molecule has 21 heavy (non-hydrogen) atoms. The number of tetrazole rings is 1. The monoisotopic (exact) mass is 327 g/mol. The second-order valence-corrected chi connectivity index (χ2v) is 4.78. The van der Waals surface area contributed by atoms with Crippen molar-refractivity contribution in [1.82, 2.24) is 20.2 Å². The number of rotatable bonds is 5. The van der Waals surface area contributed by atoms with Crippen LogP contribution in [0.5, 0.6) is 5.75 Å². The number of amides is 1. The van der Waals surface area contributed by atoms with Crippen molar-refractivity contribution in [2.45, 2.75) is 13.0 Å². The highest BCUT2D eigenvalue weighted by Gasteiger charge is 2.18. The molecule has 1 N–H and O–H groups in total. The number of benzene rings is 1. The van der Waals surface area contributed by atoms with Gasteiger partial charge in [-0.1, -0.05) is 34.9 Å².